The van der Waals surface area contributed by atoms with Gasteiger partial charge in [-0.05, 0) is 36.4 Å². The average Bonchev–Trinajstić information content (AvgIpc) is 3.09. The molecule has 28 heavy (non-hydrogen) atoms. The molecule has 0 unspecified atom stereocenters. The van der Waals surface area contributed by atoms with Gasteiger partial charge in [-0.3, -0.25) is 4.79 Å². The number of hydrogen-bond acceptors (Lipinski definition) is 4. The van der Waals surface area contributed by atoms with E-state index in [0.29, 0.717) is 27.9 Å². The van der Waals surface area contributed by atoms with E-state index in [1.807, 2.05) is 43.3 Å². The Balaban J connectivity index is 1.82. The number of fused-ring (bicyclic) bond motifs is 1. The van der Waals surface area contributed by atoms with Crippen LogP contribution < -0.4 is 10.1 Å². The molecule has 144 valence electrons. The van der Waals surface area contributed by atoms with Gasteiger partial charge in [0.05, 0.1) is 28.9 Å². The molecule has 0 bridgehead atoms. The number of imidazole rings is 1. The molecule has 0 saturated carbocycles. The number of aromatic amines is 1. The molecule has 7 heteroatoms. The van der Waals surface area contributed by atoms with Gasteiger partial charge in [0.2, 0.25) is 0 Å². The Morgan fingerprint density at radius 2 is 2.04 bits per heavy atom. The smallest absolute Gasteiger partial charge is 0.255 e. The molecule has 0 atom stereocenters. The molecule has 0 spiro atoms. The molecule has 0 radical (unpaired) electrons. The number of amides is 1. The minimum absolute atomic E-state index is 0.312. The minimum atomic E-state index is -0.312. The standard InChI is InChI=1S/C21H21ClN4O2/c1-13(23-21(27)14-9-10-19(28-4)15(22)12-14)11-18(26(2)3)20-24-16-7-5-6-8-17(16)25-20/h5-12H,1H2,2-4H3,(H,23,27)(H,24,25)/b18-11-. The third-order valence-corrected chi connectivity index (χ3v) is 4.41. The van der Waals surface area contributed by atoms with Gasteiger partial charge in [0.15, 0.2) is 5.82 Å². The number of benzene rings is 2. The molecule has 0 fully saturated rings. The van der Waals surface area contributed by atoms with Crippen molar-refractivity contribution in [2.24, 2.45) is 0 Å². The van der Waals surface area contributed by atoms with Crippen molar-refractivity contribution >= 4 is 34.2 Å². The van der Waals surface area contributed by atoms with Crippen molar-refractivity contribution in [2.45, 2.75) is 0 Å². The minimum Gasteiger partial charge on any atom is -0.495 e. The van der Waals surface area contributed by atoms with Crippen LogP contribution in [0.4, 0.5) is 0 Å². The molecule has 3 aromatic rings. The number of aromatic nitrogens is 2. The normalized spacial score (nSPS) is 11.4. The zero-order valence-electron chi connectivity index (χ0n) is 15.9. The third-order valence-electron chi connectivity index (χ3n) is 4.11. The third kappa shape index (κ3) is 4.18. The second-order valence-corrected chi connectivity index (χ2v) is 6.76. The van der Waals surface area contributed by atoms with E-state index in [9.17, 15) is 4.79 Å². The van der Waals surface area contributed by atoms with Gasteiger partial charge < -0.3 is 19.9 Å². The van der Waals surface area contributed by atoms with Crippen LogP contribution in [0.5, 0.6) is 5.75 Å². The number of para-hydroxylation sites is 2. The summed E-state index contributed by atoms with van der Waals surface area (Å²) >= 11 is 6.10. The van der Waals surface area contributed by atoms with Crippen LogP contribution in [0.3, 0.4) is 0 Å². The predicted octanol–water partition coefficient (Wildman–Crippen LogP) is 4.07. The first-order valence-corrected chi connectivity index (χ1v) is 8.94. The fourth-order valence-corrected chi connectivity index (χ4v) is 2.97. The molecular weight excluding hydrogens is 376 g/mol. The number of carbonyl (C=O) groups excluding carboxylic acids is 1. The van der Waals surface area contributed by atoms with Gasteiger partial charge >= 0.3 is 0 Å². The maximum Gasteiger partial charge on any atom is 0.255 e. The monoisotopic (exact) mass is 396 g/mol. The maximum absolute atomic E-state index is 12.5. The van der Waals surface area contributed by atoms with Gasteiger partial charge in [0.1, 0.15) is 5.75 Å². The largest absolute Gasteiger partial charge is 0.495 e. The molecule has 0 aliphatic carbocycles. The number of methoxy groups -OCH3 is 1. The zero-order valence-corrected chi connectivity index (χ0v) is 16.7. The van der Waals surface area contributed by atoms with Crippen molar-refractivity contribution in [1.82, 2.24) is 20.2 Å². The first-order valence-electron chi connectivity index (χ1n) is 8.57. The van der Waals surface area contributed by atoms with Crippen LogP contribution in [0.15, 0.2) is 60.8 Å². The summed E-state index contributed by atoms with van der Waals surface area (Å²) in [6.07, 6.45) is 1.76. The van der Waals surface area contributed by atoms with E-state index in [-0.39, 0.29) is 5.91 Å². The predicted molar refractivity (Wildman–Crippen MR) is 112 cm³/mol. The van der Waals surface area contributed by atoms with Gasteiger partial charge in [0, 0.05) is 25.4 Å². The second kappa shape index (κ2) is 8.19. The number of hydrogen-bond donors (Lipinski definition) is 2. The van der Waals surface area contributed by atoms with Crippen LogP contribution >= 0.6 is 11.6 Å². The summed E-state index contributed by atoms with van der Waals surface area (Å²) in [6.45, 7) is 3.94. The molecule has 0 aliphatic heterocycles. The number of halogens is 1. The molecular formula is C21H21ClN4O2. The van der Waals surface area contributed by atoms with E-state index in [4.69, 9.17) is 16.3 Å². The highest BCUT2D eigenvalue weighted by molar-refractivity contribution is 6.32. The number of nitrogens with zero attached hydrogens (tertiary/aromatic N) is 2. The Labute approximate surface area is 168 Å². The first kappa shape index (κ1) is 19.5. The Morgan fingerprint density at radius 1 is 1.29 bits per heavy atom. The molecule has 2 aromatic carbocycles. The maximum atomic E-state index is 12.5. The van der Waals surface area contributed by atoms with Gasteiger partial charge in [0.25, 0.3) is 5.91 Å². The van der Waals surface area contributed by atoms with E-state index in [2.05, 4.69) is 21.9 Å². The molecule has 3 rings (SSSR count). The van der Waals surface area contributed by atoms with Gasteiger partial charge in [-0.1, -0.05) is 30.3 Å². The highest BCUT2D eigenvalue weighted by atomic mass is 35.5. The number of nitrogens with one attached hydrogen (secondary N) is 2. The topological polar surface area (TPSA) is 70.2 Å². The molecule has 1 aromatic heterocycles. The molecule has 0 aliphatic rings. The molecule has 1 heterocycles. The van der Waals surface area contributed by atoms with Crippen LogP contribution in [0, 0.1) is 0 Å². The Hall–Kier alpha value is -3.25. The summed E-state index contributed by atoms with van der Waals surface area (Å²) in [7, 11) is 5.32. The quantitative estimate of drug-likeness (QED) is 0.616. The fraction of sp³-hybridized carbons (Fsp3) is 0.143. The van der Waals surface area contributed by atoms with Crippen LogP contribution in [-0.2, 0) is 0 Å². The zero-order chi connectivity index (χ0) is 20.3. The number of carbonyl (C=O) groups is 1. The summed E-state index contributed by atoms with van der Waals surface area (Å²) < 4.78 is 5.11. The average molecular weight is 397 g/mol. The van der Waals surface area contributed by atoms with Crippen molar-refractivity contribution in [3.05, 3.63) is 77.2 Å². The lowest BCUT2D eigenvalue weighted by Gasteiger charge is -2.16. The fourth-order valence-electron chi connectivity index (χ4n) is 2.71. The number of allylic oxidation sites excluding steroid dienone is 1. The summed E-state index contributed by atoms with van der Waals surface area (Å²) in [5.74, 6) is 0.888. The second-order valence-electron chi connectivity index (χ2n) is 6.36. The molecule has 0 saturated heterocycles. The highest BCUT2D eigenvalue weighted by Crippen LogP contribution is 2.25. The Bertz CT molecular complexity index is 1040. The van der Waals surface area contributed by atoms with Crippen molar-refractivity contribution in [3.63, 3.8) is 0 Å². The summed E-state index contributed by atoms with van der Waals surface area (Å²) in [5.41, 5.74) is 3.44. The van der Waals surface area contributed by atoms with Crippen molar-refractivity contribution in [2.75, 3.05) is 21.2 Å². The van der Waals surface area contributed by atoms with Crippen LogP contribution in [0.25, 0.3) is 16.7 Å². The van der Waals surface area contributed by atoms with Crippen molar-refractivity contribution in [3.8, 4) is 5.75 Å². The summed E-state index contributed by atoms with van der Waals surface area (Å²) in [5, 5.41) is 3.14. The van der Waals surface area contributed by atoms with E-state index in [1.54, 1.807) is 24.3 Å². The van der Waals surface area contributed by atoms with E-state index >= 15 is 0 Å². The molecule has 2 N–H and O–H groups in total. The Morgan fingerprint density at radius 3 is 2.68 bits per heavy atom. The lowest BCUT2D eigenvalue weighted by molar-refractivity contribution is 0.0967. The molecule has 1 amide bonds. The van der Waals surface area contributed by atoms with E-state index < -0.39 is 0 Å². The number of rotatable bonds is 6. The van der Waals surface area contributed by atoms with Gasteiger partial charge in [-0.25, -0.2) is 4.98 Å². The lowest BCUT2D eigenvalue weighted by Crippen LogP contribution is -2.22. The first-order chi connectivity index (χ1) is 13.4. The molecule has 6 nitrogen and oxygen atoms in total. The highest BCUT2D eigenvalue weighted by Gasteiger charge is 2.13. The van der Waals surface area contributed by atoms with Crippen LogP contribution in [0.1, 0.15) is 16.2 Å². The Kier molecular flexibility index (Phi) is 5.70. The SMILES string of the molecule is C=C(/C=C(/c1nc2ccccc2[nH]1)N(C)C)NC(=O)c1ccc(OC)c(Cl)c1. The van der Waals surface area contributed by atoms with Crippen LogP contribution in [-0.4, -0.2) is 42.0 Å². The van der Waals surface area contributed by atoms with Crippen LogP contribution in [0.2, 0.25) is 5.02 Å². The van der Waals surface area contributed by atoms with Gasteiger partial charge in [-0.15, -0.1) is 0 Å². The van der Waals surface area contributed by atoms with E-state index in [0.717, 1.165) is 16.7 Å². The van der Waals surface area contributed by atoms with Crippen molar-refractivity contribution < 1.29 is 9.53 Å². The number of ether oxygens (including phenoxy) is 1. The summed E-state index contributed by atoms with van der Waals surface area (Å²) in [6, 6.07) is 12.6. The number of H-pyrrole nitrogens is 1. The van der Waals surface area contributed by atoms with Gasteiger partial charge in [-0.2, -0.15) is 0 Å². The van der Waals surface area contributed by atoms with E-state index in [1.165, 1.54) is 7.11 Å². The summed E-state index contributed by atoms with van der Waals surface area (Å²) in [4.78, 5) is 22.3. The lowest BCUT2D eigenvalue weighted by atomic mass is 10.2. The van der Waals surface area contributed by atoms with Crippen molar-refractivity contribution in [1.29, 1.82) is 0 Å².